The SMILES string of the molecule is O=C(Nc1n[nH]c2ccccc12)[C@H]1CCCO1. The average molecular weight is 231 g/mol. The van der Waals surface area contributed by atoms with Crippen LogP contribution in [0.4, 0.5) is 5.82 Å². The number of nitrogens with one attached hydrogen (secondary N) is 2. The van der Waals surface area contributed by atoms with Crippen LogP contribution in [0, 0.1) is 0 Å². The Kier molecular flexibility index (Phi) is 2.53. The van der Waals surface area contributed by atoms with E-state index in [0.29, 0.717) is 12.4 Å². The maximum absolute atomic E-state index is 11.9. The Labute approximate surface area is 98.2 Å². The standard InChI is InChI=1S/C12H13N3O2/c16-12(10-6-3-7-17-10)13-11-8-4-1-2-5-9(8)14-15-11/h1-2,4-5,10H,3,6-7H2,(H2,13,14,15,16)/t10-/m1/s1. The summed E-state index contributed by atoms with van der Waals surface area (Å²) in [4.78, 5) is 11.9. The largest absolute Gasteiger partial charge is 0.368 e. The van der Waals surface area contributed by atoms with Gasteiger partial charge >= 0.3 is 0 Å². The van der Waals surface area contributed by atoms with E-state index in [1.165, 1.54) is 0 Å². The van der Waals surface area contributed by atoms with E-state index in [1.54, 1.807) is 0 Å². The van der Waals surface area contributed by atoms with Gasteiger partial charge in [-0.2, -0.15) is 5.10 Å². The van der Waals surface area contributed by atoms with Gasteiger partial charge in [-0.3, -0.25) is 9.89 Å². The number of carbonyl (C=O) groups is 1. The molecule has 0 spiro atoms. The van der Waals surface area contributed by atoms with Crippen LogP contribution in [0.1, 0.15) is 12.8 Å². The fraction of sp³-hybridized carbons (Fsp3) is 0.333. The van der Waals surface area contributed by atoms with Gasteiger partial charge in [0.15, 0.2) is 5.82 Å². The van der Waals surface area contributed by atoms with Crippen LogP contribution in [0.5, 0.6) is 0 Å². The molecule has 3 rings (SSSR count). The number of rotatable bonds is 2. The molecule has 1 saturated heterocycles. The van der Waals surface area contributed by atoms with Crippen LogP contribution in [-0.4, -0.2) is 28.8 Å². The van der Waals surface area contributed by atoms with E-state index in [0.717, 1.165) is 23.7 Å². The lowest BCUT2D eigenvalue weighted by atomic mass is 10.2. The zero-order valence-electron chi connectivity index (χ0n) is 9.27. The quantitative estimate of drug-likeness (QED) is 0.826. The van der Waals surface area contributed by atoms with Crippen molar-refractivity contribution >= 4 is 22.6 Å². The van der Waals surface area contributed by atoms with Crippen molar-refractivity contribution in [2.75, 3.05) is 11.9 Å². The van der Waals surface area contributed by atoms with Gasteiger partial charge in [-0.05, 0) is 25.0 Å². The number of aromatic amines is 1. The maximum atomic E-state index is 11.9. The Bertz CT molecular complexity index is 543. The van der Waals surface area contributed by atoms with E-state index < -0.39 is 0 Å². The number of amides is 1. The van der Waals surface area contributed by atoms with E-state index in [4.69, 9.17) is 4.74 Å². The lowest BCUT2D eigenvalue weighted by Gasteiger charge is -2.08. The van der Waals surface area contributed by atoms with Crippen LogP contribution in [0.25, 0.3) is 10.9 Å². The summed E-state index contributed by atoms with van der Waals surface area (Å²) in [6, 6.07) is 7.68. The number of anilines is 1. The Hall–Kier alpha value is -1.88. The summed E-state index contributed by atoms with van der Waals surface area (Å²) in [5.74, 6) is 0.459. The number of para-hydroxylation sites is 1. The van der Waals surface area contributed by atoms with Crippen molar-refractivity contribution in [1.29, 1.82) is 0 Å². The van der Waals surface area contributed by atoms with Crippen LogP contribution >= 0.6 is 0 Å². The molecular weight excluding hydrogens is 218 g/mol. The third-order valence-electron chi connectivity index (χ3n) is 2.93. The minimum Gasteiger partial charge on any atom is -0.368 e. The summed E-state index contributed by atoms with van der Waals surface area (Å²) in [5.41, 5.74) is 0.912. The minimum atomic E-state index is -0.328. The van der Waals surface area contributed by atoms with Crippen molar-refractivity contribution in [3.63, 3.8) is 0 Å². The summed E-state index contributed by atoms with van der Waals surface area (Å²) in [6.07, 6.45) is 1.40. The first-order valence-electron chi connectivity index (χ1n) is 5.70. The van der Waals surface area contributed by atoms with Crippen molar-refractivity contribution in [3.8, 4) is 0 Å². The van der Waals surface area contributed by atoms with Gasteiger partial charge in [0.05, 0.1) is 5.52 Å². The monoisotopic (exact) mass is 231 g/mol. The highest BCUT2D eigenvalue weighted by Gasteiger charge is 2.24. The predicted molar refractivity (Wildman–Crippen MR) is 63.7 cm³/mol. The normalized spacial score (nSPS) is 19.6. The Balaban J connectivity index is 1.82. The molecule has 0 saturated carbocycles. The van der Waals surface area contributed by atoms with E-state index in [9.17, 15) is 4.79 Å². The molecule has 2 N–H and O–H groups in total. The summed E-state index contributed by atoms with van der Waals surface area (Å²) < 4.78 is 5.33. The molecule has 2 heterocycles. The number of H-pyrrole nitrogens is 1. The predicted octanol–water partition coefficient (Wildman–Crippen LogP) is 1.68. The van der Waals surface area contributed by atoms with Crippen molar-refractivity contribution in [1.82, 2.24) is 10.2 Å². The molecular formula is C12H13N3O2. The fourth-order valence-electron chi connectivity index (χ4n) is 2.04. The molecule has 1 fully saturated rings. The second-order valence-electron chi connectivity index (χ2n) is 4.11. The number of aromatic nitrogens is 2. The molecule has 5 nitrogen and oxygen atoms in total. The summed E-state index contributed by atoms with van der Waals surface area (Å²) >= 11 is 0. The van der Waals surface area contributed by atoms with Crippen molar-refractivity contribution < 1.29 is 9.53 Å². The van der Waals surface area contributed by atoms with Gasteiger partial charge in [0, 0.05) is 12.0 Å². The molecule has 1 aromatic heterocycles. The Morgan fingerprint density at radius 1 is 1.47 bits per heavy atom. The van der Waals surface area contributed by atoms with Crippen LogP contribution < -0.4 is 5.32 Å². The molecule has 1 atom stereocenters. The number of benzene rings is 1. The van der Waals surface area contributed by atoms with Gasteiger partial charge in [0.2, 0.25) is 0 Å². The van der Waals surface area contributed by atoms with E-state index in [2.05, 4.69) is 15.5 Å². The number of hydrogen-bond donors (Lipinski definition) is 2. The van der Waals surface area contributed by atoms with Crippen molar-refractivity contribution in [2.24, 2.45) is 0 Å². The Morgan fingerprint density at radius 3 is 3.18 bits per heavy atom. The van der Waals surface area contributed by atoms with E-state index in [-0.39, 0.29) is 12.0 Å². The fourth-order valence-corrected chi connectivity index (χ4v) is 2.04. The molecule has 0 aliphatic carbocycles. The molecule has 5 heteroatoms. The summed E-state index contributed by atoms with van der Waals surface area (Å²) in [5, 5.41) is 10.7. The van der Waals surface area contributed by atoms with Gasteiger partial charge in [-0.25, -0.2) is 0 Å². The third kappa shape index (κ3) is 1.89. The van der Waals surface area contributed by atoms with Crippen LogP contribution in [0.15, 0.2) is 24.3 Å². The van der Waals surface area contributed by atoms with Crippen LogP contribution in [0.3, 0.4) is 0 Å². The molecule has 1 aromatic carbocycles. The van der Waals surface area contributed by atoms with Gasteiger partial charge in [-0.1, -0.05) is 12.1 Å². The topological polar surface area (TPSA) is 67.0 Å². The molecule has 88 valence electrons. The molecule has 1 aliphatic rings. The molecule has 2 aromatic rings. The first-order chi connectivity index (χ1) is 8.34. The third-order valence-corrected chi connectivity index (χ3v) is 2.93. The number of nitrogens with zero attached hydrogens (tertiary/aromatic N) is 1. The van der Waals surface area contributed by atoms with Gasteiger partial charge in [-0.15, -0.1) is 0 Å². The second kappa shape index (κ2) is 4.18. The average Bonchev–Trinajstić information content (AvgIpc) is 2.98. The lowest BCUT2D eigenvalue weighted by Crippen LogP contribution is -2.27. The molecule has 1 aliphatic heterocycles. The van der Waals surface area contributed by atoms with Crippen molar-refractivity contribution in [2.45, 2.75) is 18.9 Å². The maximum Gasteiger partial charge on any atom is 0.254 e. The van der Waals surface area contributed by atoms with Gasteiger partial charge < -0.3 is 10.1 Å². The van der Waals surface area contributed by atoms with E-state index >= 15 is 0 Å². The zero-order chi connectivity index (χ0) is 11.7. The van der Waals surface area contributed by atoms with Gasteiger partial charge in [0.1, 0.15) is 6.10 Å². The summed E-state index contributed by atoms with van der Waals surface area (Å²) in [6.45, 7) is 0.666. The minimum absolute atomic E-state index is 0.111. The van der Waals surface area contributed by atoms with Gasteiger partial charge in [0.25, 0.3) is 5.91 Å². The lowest BCUT2D eigenvalue weighted by molar-refractivity contribution is -0.124. The number of hydrogen-bond acceptors (Lipinski definition) is 3. The first kappa shape index (κ1) is 10.3. The second-order valence-corrected chi connectivity index (χ2v) is 4.11. The Morgan fingerprint density at radius 2 is 2.35 bits per heavy atom. The number of ether oxygens (including phenoxy) is 1. The highest BCUT2D eigenvalue weighted by atomic mass is 16.5. The zero-order valence-corrected chi connectivity index (χ0v) is 9.27. The van der Waals surface area contributed by atoms with Crippen LogP contribution in [0.2, 0.25) is 0 Å². The highest BCUT2D eigenvalue weighted by Crippen LogP contribution is 2.21. The van der Waals surface area contributed by atoms with Crippen molar-refractivity contribution in [3.05, 3.63) is 24.3 Å². The molecule has 0 radical (unpaired) electrons. The molecule has 17 heavy (non-hydrogen) atoms. The number of fused-ring (bicyclic) bond motifs is 1. The van der Waals surface area contributed by atoms with E-state index in [1.807, 2.05) is 24.3 Å². The smallest absolute Gasteiger partial charge is 0.254 e. The highest BCUT2D eigenvalue weighted by molar-refractivity contribution is 6.01. The molecule has 0 bridgehead atoms. The molecule has 0 unspecified atom stereocenters. The van der Waals surface area contributed by atoms with Crippen LogP contribution in [-0.2, 0) is 9.53 Å². The number of carbonyl (C=O) groups excluding carboxylic acids is 1. The first-order valence-corrected chi connectivity index (χ1v) is 5.70. The molecule has 1 amide bonds. The summed E-state index contributed by atoms with van der Waals surface area (Å²) in [7, 11) is 0.